The van der Waals surface area contributed by atoms with Crippen LogP contribution in [0.25, 0.3) is 0 Å². The second-order valence-electron chi connectivity index (χ2n) is 5.49. The van der Waals surface area contributed by atoms with Gasteiger partial charge in [0.1, 0.15) is 0 Å². The molecule has 2 N–H and O–H groups in total. The van der Waals surface area contributed by atoms with Gasteiger partial charge in [0.25, 0.3) is 0 Å². The van der Waals surface area contributed by atoms with Gasteiger partial charge in [0.05, 0.1) is 13.2 Å². The molecular weight excluding hydrogens is 200 g/mol. The Balaban J connectivity index is 1.79. The number of hydrogen-bond donors (Lipinski definition) is 1. The van der Waals surface area contributed by atoms with E-state index in [2.05, 4.69) is 11.8 Å². The van der Waals surface area contributed by atoms with Crippen molar-refractivity contribution in [1.82, 2.24) is 4.90 Å². The lowest BCUT2D eigenvalue weighted by atomic mass is 9.94. The maximum absolute atomic E-state index is 6.41. The molecule has 1 aliphatic carbocycles. The molecule has 1 atom stereocenters. The molecule has 0 spiro atoms. The van der Waals surface area contributed by atoms with Crippen molar-refractivity contribution in [3.8, 4) is 0 Å². The summed E-state index contributed by atoms with van der Waals surface area (Å²) < 4.78 is 5.53. The van der Waals surface area contributed by atoms with Crippen LogP contribution in [-0.4, -0.2) is 42.8 Å². The van der Waals surface area contributed by atoms with Gasteiger partial charge < -0.3 is 10.5 Å². The summed E-state index contributed by atoms with van der Waals surface area (Å²) in [5, 5.41) is 0. The number of ether oxygens (including phenoxy) is 1. The maximum Gasteiger partial charge on any atom is 0.0622 e. The lowest BCUT2D eigenvalue weighted by Gasteiger charge is -2.37. The van der Waals surface area contributed by atoms with Crippen LogP contribution in [0.3, 0.4) is 0 Å². The monoisotopic (exact) mass is 226 g/mol. The molecule has 94 valence electrons. The van der Waals surface area contributed by atoms with Crippen molar-refractivity contribution >= 4 is 0 Å². The van der Waals surface area contributed by atoms with Crippen LogP contribution in [0, 0.1) is 0 Å². The summed E-state index contributed by atoms with van der Waals surface area (Å²) in [6, 6.07) is 0.624. The highest BCUT2D eigenvalue weighted by Gasteiger charge is 2.31. The third kappa shape index (κ3) is 2.96. The van der Waals surface area contributed by atoms with E-state index >= 15 is 0 Å². The van der Waals surface area contributed by atoms with Crippen molar-refractivity contribution in [2.24, 2.45) is 5.73 Å². The van der Waals surface area contributed by atoms with Crippen molar-refractivity contribution < 1.29 is 4.74 Å². The second-order valence-corrected chi connectivity index (χ2v) is 5.49. The normalized spacial score (nSPS) is 30.8. The van der Waals surface area contributed by atoms with Crippen molar-refractivity contribution in [1.29, 1.82) is 0 Å². The summed E-state index contributed by atoms with van der Waals surface area (Å²) in [4.78, 5) is 2.58. The van der Waals surface area contributed by atoms with E-state index in [-0.39, 0.29) is 5.54 Å². The molecule has 0 aromatic carbocycles. The lowest BCUT2D eigenvalue weighted by molar-refractivity contribution is -0.0114. The smallest absolute Gasteiger partial charge is 0.0622 e. The molecule has 0 aromatic rings. The second kappa shape index (κ2) is 5.48. The van der Waals surface area contributed by atoms with Gasteiger partial charge in [-0.15, -0.1) is 0 Å². The predicted molar refractivity (Wildman–Crippen MR) is 66.5 cm³/mol. The number of morpholine rings is 1. The fourth-order valence-electron chi connectivity index (χ4n) is 3.05. The number of hydrogen-bond acceptors (Lipinski definition) is 3. The molecule has 3 nitrogen and oxygen atoms in total. The third-order valence-electron chi connectivity index (χ3n) is 4.32. The quantitative estimate of drug-likeness (QED) is 0.794. The van der Waals surface area contributed by atoms with E-state index in [4.69, 9.17) is 10.5 Å². The predicted octanol–water partition coefficient (Wildman–Crippen LogP) is 1.76. The van der Waals surface area contributed by atoms with Gasteiger partial charge in [-0.1, -0.05) is 19.8 Å². The first kappa shape index (κ1) is 12.3. The fourth-order valence-corrected chi connectivity index (χ4v) is 3.05. The summed E-state index contributed by atoms with van der Waals surface area (Å²) in [5.41, 5.74) is 6.55. The van der Waals surface area contributed by atoms with Gasteiger partial charge in [0, 0.05) is 24.7 Å². The van der Waals surface area contributed by atoms with Crippen LogP contribution in [0.1, 0.15) is 45.4 Å². The van der Waals surface area contributed by atoms with E-state index < -0.39 is 0 Å². The molecule has 16 heavy (non-hydrogen) atoms. The average molecular weight is 226 g/mol. The van der Waals surface area contributed by atoms with Gasteiger partial charge in [-0.2, -0.15) is 0 Å². The van der Waals surface area contributed by atoms with Crippen LogP contribution in [-0.2, 0) is 4.74 Å². The van der Waals surface area contributed by atoms with E-state index in [1.165, 1.54) is 45.1 Å². The fraction of sp³-hybridized carbons (Fsp3) is 1.00. The third-order valence-corrected chi connectivity index (χ3v) is 4.32. The van der Waals surface area contributed by atoms with Crippen LogP contribution in [0.4, 0.5) is 0 Å². The minimum atomic E-state index is 0.149. The van der Waals surface area contributed by atoms with Gasteiger partial charge in [-0.3, -0.25) is 4.90 Å². The topological polar surface area (TPSA) is 38.5 Å². The molecule has 0 aromatic heterocycles. The lowest BCUT2D eigenvalue weighted by Crippen LogP contribution is -2.48. The first-order valence-corrected chi connectivity index (χ1v) is 6.84. The zero-order valence-electron chi connectivity index (χ0n) is 10.6. The Morgan fingerprint density at radius 1 is 1.38 bits per heavy atom. The van der Waals surface area contributed by atoms with Gasteiger partial charge in [-0.25, -0.2) is 0 Å². The summed E-state index contributed by atoms with van der Waals surface area (Å²) in [6.45, 7) is 6.31. The van der Waals surface area contributed by atoms with Crippen LogP contribution in [0.2, 0.25) is 0 Å². The number of rotatable bonds is 4. The molecule has 3 heteroatoms. The number of nitrogens with zero attached hydrogens (tertiary/aromatic N) is 1. The van der Waals surface area contributed by atoms with E-state index in [0.29, 0.717) is 6.04 Å². The van der Waals surface area contributed by atoms with Crippen molar-refractivity contribution in [3.63, 3.8) is 0 Å². The SMILES string of the molecule is CCC1COCCN1CCC1(N)CCCC1. The first-order valence-electron chi connectivity index (χ1n) is 6.84. The summed E-state index contributed by atoms with van der Waals surface area (Å²) >= 11 is 0. The van der Waals surface area contributed by atoms with E-state index in [1.807, 2.05) is 0 Å². The average Bonchev–Trinajstić information content (AvgIpc) is 2.74. The zero-order valence-corrected chi connectivity index (χ0v) is 10.6. The molecule has 0 bridgehead atoms. The Hall–Kier alpha value is -0.120. The van der Waals surface area contributed by atoms with Crippen LogP contribution >= 0.6 is 0 Å². The molecule has 2 aliphatic rings. The highest BCUT2D eigenvalue weighted by atomic mass is 16.5. The Labute approximate surface area is 99.3 Å². The number of nitrogens with two attached hydrogens (primary N) is 1. The van der Waals surface area contributed by atoms with Gasteiger partial charge in [-0.05, 0) is 25.7 Å². The summed E-state index contributed by atoms with van der Waals surface area (Å²) in [6.07, 6.45) is 7.48. The highest BCUT2D eigenvalue weighted by Crippen LogP contribution is 2.30. The minimum absolute atomic E-state index is 0.149. The Kier molecular flexibility index (Phi) is 4.22. The zero-order chi connectivity index (χ0) is 11.4. The largest absolute Gasteiger partial charge is 0.378 e. The van der Waals surface area contributed by atoms with Gasteiger partial charge in [0.15, 0.2) is 0 Å². The van der Waals surface area contributed by atoms with Crippen LogP contribution in [0.5, 0.6) is 0 Å². The molecule has 2 rings (SSSR count). The summed E-state index contributed by atoms with van der Waals surface area (Å²) in [5.74, 6) is 0. The molecule has 1 heterocycles. The molecule has 0 amide bonds. The first-order chi connectivity index (χ1) is 7.73. The van der Waals surface area contributed by atoms with Crippen LogP contribution < -0.4 is 5.73 Å². The Morgan fingerprint density at radius 2 is 2.12 bits per heavy atom. The maximum atomic E-state index is 6.41. The van der Waals surface area contributed by atoms with Crippen molar-refractivity contribution in [2.75, 3.05) is 26.3 Å². The molecule has 1 saturated heterocycles. The highest BCUT2D eigenvalue weighted by molar-refractivity contribution is 4.90. The molecule has 2 fully saturated rings. The van der Waals surface area contributed by atoms with E-state index in [9.17, 15) is 0 Å². The molecule has 1 saturated carbocycles. The van der Waals surface area contributed by atoms with E-state index in [1.54, 1.807) is 0 Å². The Morgan fingerprint density at radius 3 is 2.81 bits per heavy atom. The van der Waals surface area contributed by atoms with Crippen molar-refractivity contribution in [3.05, 3.63) is 0 Å². The van der Waals surface area contributed by atoms with Crippen molar-refractivity contribution in [2.45, 2.75) is 57.0 Å². The molecule has 1 aliphatic heterocycles. The minimum Gasteiger partial charge on any atom is -0.378 e. The Bertz CT molecular complexity index is 214. The standard InChI is InChI=1S/C13H26N2O/c1-2-12-11-16-10-9-15(12)8-7-13(14)5-3-4-6-13/h12H,2-11,14H2,1H3. The van der Waals surface area contributed by atoms with Gasteiger partial charge >= 0.3 is 0 Å². The summed E-state index contributed by atoms with van der Waals surface area (Å²) in [7, 11) is 0. The molecule has 0 radical (unpaired) electrons. The van der Waals surface area contributed by atoms with Gasteiger partial charge in [0.2, 0.25) is 0 Å². The molecular formula is C13H26N2O. The molecule has 1 unspecified atom stereocenters. The van der Waals surface area contributed by atoms with Crippen LogP contribution in [0.15, 0.2) is 0 Å². The van der Waals surface area contributed by atoms with E-state index in [0.717, 1.165) is 19.8 Å².